The quantitative estimate of drug-likeness (QED) is 0.384. The van der Waals surface area contributed by atoms with Crippen LogP contribution in [-0.4, -0.2) is 33.7 Å². The number of carbonyl (C=O) groups is 2. The van der Waals surface area contributed by atoms with Crippen LogP contribution in [-0.2, 0) is 10.6 Å². The number of fused-ring (bicyclic) bond motifs is 4. The van der Waals surface area contributed by atoms with Crippen molar-refractivity contribution in [2.75, 3.05) is 11.9 Å². The minimum atomic E-state index is -1.22. The normalized spacial score (nSPS) is 12.4. The molecule has 0 spiro atoms. The largest absolute Gasteiger partial charge is 0.478 e. The SMILES string of the molecule is Cc1oc2nc(CCl)nc(NC(=O)OCC3c4ccccc4-c4ccccc43)c2c1C(=O)O. The molecule has 9 heteroatoms. The molecule has 0 bridgehead atoms. The lowest BCUT2D eigenvalue weighted by Crippen LogP contribution is -2.19. The number of carbonyl (C=O) groups excluding carboxylic acids is 1. The minimum Gasteiger partial charge on any atom is -0.478 e. The molecule has 166 valence electrons. The van der Waals surface area contributed by atoms with E-state index < -0.39 is 12.1 Å². The summed E-state index contributed by atoms with van der Waals surface area (Å²) in [5, 5.41) is 12.2. The Morgan fingerprint density at radius 1 is 1.09 bits per heavy atom. The van der Waals surface area contributed by atoms with E-state index in [2.05, 4.69) is 15.3 Å². The summed E-state index contributed by atoms with van der Waals surface area (Å²) < 4.78 is 11.0. The molecule has 0 saturated carbocycles. The van der Waals surface area contributed by atoms with E-state index in [1.165, 1.54) is 6.92 Å². The maximum Gasteiger partial charge on any atom is 0.412 e. The van der Waals surface area contributed by atoms with Crippen molar-refractivity contribution in [3.63, 3.8) is 0 Å². The highest BCUT2D eigenvalue weighted by atomic mass is 35.5. The number of halogens is 1. The predicted molar refractivity (Wildman–Crippen MR) is 122 cm³/mol. The molecular formula is C24H18ClN3O5. The molecule has 1 aliphatic rings. The second-order valence-electron chi connectivity index (χ2n) is 7.59. The van der Waals surface area contributed by atoms with Crippen LogP contribution >= 0.6 is 11.6 Å². The van der Waals surface area contributed by atoms with Crippen LogP contribution in [0.2, 0.25) is 0 Å². The summed E-state index contributed by atoms with van der Waals surface area (Å²) in [4.78, 5) is 32.8. The lowest BCUT2D eigenvalue weighted by molar-refractivity contribution is 0.0696. The highest BCUT2D eigenvalue weighted by Crippen LogP contribution is 2.44. The Morgan fingerprint density at radius 3 is 2.33 bits per heavy atom. The number of benzene rings is 2. The summed E-state index contributed by atoms with van der Waals surface area (Å²) >= 11 is 5.86. The van der Waals surface area contributed by atoms with Crippen molar-refractivity contribution < 1.29 is 23.8 Å². The summed E-state index contributed by atoms with van der Waals surface area (Å²) in [5.41, 5.74) is 4.31. The third-order valence-corrected chi connectivity index (χ3v) is 5.91. The summed E-state index contributed by atoms with van der Waals surface area (Å²) in [6.45, 7) is 1.61. The number of furan rings is 1. The Bertz CT molecular complexity index is 1370. The number of carboxylic acids is 1. The van der Waals surface area contributed by atoms with Gasteiger partial charge in [0.1, 0.15) is 23.8 Å². The first-order valence-corrected chi connectivity index (χ1v) is 10.7. The van der Waals surface area contributed by atoms with Gasteiger partial charge in [-0.3, -0.25) is 5.32 Å². The fraction of sp³-hybridized carbons (Fsp3) is 0.167. The van der Waals surface area contributed by atoms with Crippen molar-refractivity contribution in [2.45, 2.75) is 18.7 Å². The topological polar surface area (TPSA) is 115 Å². The molecule has 4 aromatic rings. The number of nitrogens with one attached hydrogen (secondary N) is 1. The first kappa shape index (κ1) is 21.0. The Morgan fingerprint density at radius 2 is 1.73 bits per heavy atom. The van der Waals surface area contributed by atoms with Crippen molar-refractivity contribution in [3.8, 4) is 11.1 Å². The number of hydrogen-bond acceptors (Lipinski definition) is 6. The van der Waals surface area contributed by atoms with Gasteiger partial charge in [0.2, 0.25) is 5.71 Å². The highest BCUT2D eigenvalue weighted by Gasteiger charge is 2.29. The molecule has 8 nitrogen and oxygen atoms in total. The lowest BCUT2D eigenvalue weighted by atomic mass is 9.98. The first-order chi connectivity index (χ1) is 16.0. The molecule has 0 fully saturated rings. The van der Waals surface area contributed by atoms with E-state index in [1.54, 1.807) is 0 Å². The monoisotopic (exact) mass is 463 g/mol. The summed E-state index contributed by atoms with van der Waals surface area (Å²) in [5.74, 6) is -1.07. The molecule has 0 aliphatic heterocycles. The van der Waals surface area contributed by atoms with Gasteiger partial charge in [0.15, 0.2) is 5.82 Å². The molecule has 0 saturated heterocycles. The zero-order chi connectivity index (χ0) is 23.1. The van der Waals surface area contributed by atoms with Gasteiger partial charge in [-0.1, -0.05) is 48.5 Å². The standard InChI is InChI=1S/C24H18ClN3O5/c1-12-19(23(29)30)20-21(26-18(10-25)27-22(20)33-12)28-24(31)32-11-17-15-8-4-2-6-13(15)14-7-3-5-9-16(14)17/h2-9,17H,10-11H2,1H3,(H,29,30)(H,26,27,28,31). The van der Waals surface area contributed by atoms with Crippen molar-refractivity contribution in [1.82, 2.24) is 9.97 Å². The molecular weight excluding hydrogens is 446 g/mol. The number of aromatic nitrogens is 2. The molecule has 2 N–H and O–H groups in total. The summed E-state index contributed by atoms with van der Waals surface area (Å²) in [6.07, 6.45) is -0.771. The van der Waals surface area contributed by atoms with Crippen LogP contribution in [0.4, 0.5) is 10.6 Å². The van der Waals surface area contributed by atoms with Gasteiger partial charge >= 0.3 is 12.1 Å². The van der Waals surface area contributed by atoms with Gasteiger partial charge < -0.3 is 14.3 Å². The van der Waals surface area contributed by atoms with Crippen LogP contribution in [0.1, 0.15) is 39.0 Å². The van der Waals surface area contributed by atoms with Crippen molar-refractivity contribution >= 4 is 40.6 Å². The van der Waals surface area contributed by atoms with Gasteiger partial charge in [-0.2, -0.15) is 4.98 Å². The van der Waals surface area contributed by atoms with Gasteiger partial charge in [-0.05, 0) is 29.2 Å². The average Bonchev–Trinajstić information content (AvgIpc) is 3.32. The number of hydrogen-bond donors (Lipinski definition) is 2. The molecule has 0 radical (unpaired) electrons. The Labute approximate surface area is 193 Å². The van der Waals surface area contributed by atoms with Crippen molar-refractivity contribution in [1.29, 1.82) is 0 Å². The zero-order valence-corrected chi connectivity index (χ0v) is 18.2. The Hall–Kier alpha value is -3.91. The van der Waals surface area contributed by atoms with Gasteiger partial charge in [-0.25, -0.2) is 14.6 Å². The second kappa shape index (κ2) is 8.22. The second-order valence-corrected chi connectivity index (χ2v) is 7.86. The predicted octanol–water partition coefficient (Wildman–Crippen LogP) is 5.33. The summed E-state index contributed by atoms with van der Waals surface area (Å²) in [7, 11) is 0. The molecule has 5 rings (SSSR count). The smallest absolute Gasteiger partial charge is 0.412 e. The number of ether oxygens (including phenoxy) is 1. The number of amides is 1. The van der Waals surface area contributed by atoms with Gasteiger partial charge in [0.05, 0.1) is 11.3 Å². The van der Waals surface area contributed by atoms with E-state index in [1.807, 2.05) is 48.5 Å². The highest BCUT2D eigenvalue weighted by molar-refractivity contribution is 6.17. The molecule has 2 aromatic heterocycles. The lowest BCUT2D eigenvalue weighted by Gasteiger charge is -2.14. The van der Waals surface area contributed by atoms with Crippen LogP contribution in [0, 0.1) is 6.92 Å². The fourth-order valence-electron chi connectivity index (χ4n) is 4.29. The van der Waals surface area contributed by atoms with Crippen molar-refractivity contribution in [3.05, 3.63) is 76.8 Å². The molecule has 1 amide bonds. The molecule has 2 aromatic carbocycles. The van der Waals surface area contributed by atoms with E-state index in [0.29, 0.717) is 0 Å². The maximum atomic E-state index is 12.7. The van der Waals surface area contributed by atoms with Crippen LogP contribution in [0.25, 0.3) is 22.2 Å². The molecule has 1 aliphatic carbocycles. The fourth-order valence-corrected chi connectivity index (χ4v) is 4.41. The zero-order valence-electron chi connectivity index (χ0n) is 17.5. The first-order valence-electron chi connectivity index (χ1n) is 10.2. The number of alkyl halides is 1. The number of anilines is 1. The number of rotatable bonds is 5. The molecule has 0 unspecified atom stereocenters. The summed E-state index contributed by atoms with van der Waals surface area (Å²) in [6, 6.07) is 16.0. The molecule has 0 atom stereocenters. The number of aromatic carboxylic acids is 1. The minimum absolute atomic E-state index is 0.0258. The molecule has 33 heavy (non-hydrogen) atoms. The number of carboxylic acid groups (broad SMARTS) is 1. The molecule has 2 heterocycles. The van der Waals surface area contributed by atoms with E-state index in [0.717, 1.165) is 22.3 Å². The third-order valence-electron chi connectivity index (χ3n) is 5.67. The van der Waals surface area contributed by atoms with E-state index in [9.17, 15) is 14.7 Å². The van der Waals surface area contributed by atoms with E-state index in [-0.39, 0.29) is 52.5 Å². The van der Waals surface area contributed by atoms with E-state index in [4.69, 9.17) is 20.8 Å². The van der Waals surface area contributed by atoms with Gasteiger partial charge in [0, 0.05) is 5.92 Å². The van der Waals surface area contributed by atoms with Crippen LogP contribution in [0.5, 0.6) is 0 Å². The van der Waals surface area contributed by atoms with Crippen LogP contribution in [0.3, 0.4) is 0 Å². The number of aryl methyl sites for hydroxylation is 1. The van der Waals surface area contributed by atoms with Gasteiger partial charge in [-0.15, -0.1) is 11.6 Å². The van der Waals surface area contributed by atoms with E-state index >= 15 is 0 Å². The Kier molecular flexibility index (Phi) is 5.22. The maximum absolute atomic E-state index is 12.7. The van der Waals surface area contributed by atoms with Crippen molar-refractivity contribution in [2.24, 2.45) is 0 Å². The van der Waals surface area contributed by atoms with Crippen LogP contribution in [0.15, 0.2) is 52.9 Å². The number of nitrogens with zero attached hydrogens (tertiary/aromatic N) is 2. The Balaban J connectivity index is 1.42. The van der Waals surface area contributed by atoms with Gasteiger partial charge in [0.25, 0.3) is 0 Å². The van der Waals surface area contributed by atoms with Crippen LogP contribution < -0.4 is 5.32 Å². The average molecular weight is 464 g/mol. The third kappa shape index (κ3) is 3.58.